The zero-order valence-electron chi connectivity index (χ0n) is 50.0. The topological polar surface area (TPSA) is 78.9 Å². The van der Waals surface area contributed by atoms with Crippen molar-refractivity contribution in [2.75, 3.05) is 13.2 Å². The predicted molar refractivity (Wildman–Crippen MR) is 330 cm³/mol. The second-order valence-corrected chi connectivity index (χ2v) is 21.3. The van der Waals surface area contributed by atoms with Crippen LogP contribution in [0.3, 0.4) is 0 Å². The first-order valence-electron chi connectivity index (χ1n) is 32.2. The Morgan fingerprint density at radius 1 is 0.276 bits per heavy atom. The molecule has 0 saturated carbocycles. The van der Waals surface area contributed by atoms with Gasteiger partial charge in [0.2, 0.25) is 0 Å². The third-order valence-electron chi connectivity index (χ3n) is 13.8. The molecule has 0 saturated heterocycles. The fraction of sp³-hybridized carbons (Fsp3) is 0.729. The maximum Gasteiger partial charge on any atom is 0.306 e. The maximum atomic E-state index is 12.9. The number of unbranched alkanes of at least 4 members (excludes halogenated alkanes) is 31. The van der Waals surface area contributed by atoms with Gasteiger partial charge in [0.1, 0.15) is 13.2 Å². The summed E-state index contributed by atoms with van der Waals surface area (Å²) in [5.41, 5.74) is 0. The molecule has 0 N–H and O–H groups in total. The van der Waals surface area contributed by atoms with Gasteiger partial charge in [-0.15, -0.1) is 0 Å². The lowest BCUT2D eigenvalue weighted by molar-refractivity contribution is -0.167. The van der Waals surface area contributed by atoms with Crippen LogP contribution in [0.5, 0.6) is 0 Å². The molecule has 0 aliphatic carbocycles. The molecule has 1 unspecified atom stereocenters. The molecular formula is C70H120O6. The summed E-state index contributed by atoms with van der Waals surface area (Å²) in [7, 11) is 0. The lowest BCUT2D eigenvalue weighted by atomic mass is 10.0. The normalized spacial score (nSPS) is 12.7. The van der Waals surface area contributed by atoms with Gasteiger partial charge in [0.05, 0.1) is 0 Å². The summed E-state index contributed by atoms with van der Waals surface area (Å²) in [6.07, 6.45) is 85.7. The van der Waals surface area contributed by atoms with Gasteiger partial charge >= 0.3 is 17.9 Å². The maximum absolute atomic E-state index is 12.9. The Kier molecular flexibility index (Phi) is 60.8. The smallest absolute Gasteiger partial charge is 0.306 e. The Hall–Kier alpha value is -3.67. The average molecular weight is 1060 g/mol. The van der Waals surface area contributed by atoms with Gasteiger partial charge in [-0.3, -0.25) is 14.4 Å². The van der Waals surface area contributed by atoms with Crippen LogP contribution >= 0.6 is 0 Å². The molecule has 1 atom stereocenters. The minimum atomic E-state index is -0.784. The third-order valence-corrected chi connectivity index (χ3v) is 13.8. The minimum absolute atomic E-state index is 0.0814. The Labute approximate surface area is 470 Å². The van der Waals surface area contributed by atoms with Gasteiger partial charge in [-0.2, -0.15) is 0 Å². The summed E-state index contributed by atoms with van der Waals surface area (Å²) in [5.74, 6) is -0.892. The van der Waals surface area contributed by atoms with Crippen molar-refractivity contribution in [1.82, 2.24) is 0 Å². The van der Waals surface area contributed by atoms with Gasteiger partial charge in [0, 0.05) is 19.3 Å². The van der Waals surface area contributed by atoms with Gasteiger partial charge in [0.15, 0.2) is 6.10 Å². The number of hydrogen-bond donors (Lipinski definition) is 0. The van der Waals surface area contributed by atoms with E-state index in [2.05, 4.69) is 118 Å². The van der Waals surface area contributed by atoms with Crippen molar-refractivity contribution in [2.45, 2.75) is 316 Å². The second kappa shape index (κ2) is 63.9. The molecule has 0 spiro atoms. The van der Waals surface area contributed by atoms with Crippen LogP contribution < -0.4 is 0 Å². The van der Waals surface area contributed by atoms with Crippen molar-refractivity contribution >= 4 is 17.9 Å². The molecule has 0 aliphatic heterocycles. The molecule has 0 rings (SSSR count). The molecule has 6 heteroatoms. The number of carbonyl (C=O) groups excluding carboxylic acids is 3. The number of esters is 3. The highest BCUT2D eigenvalue weighted by Gasteiger charge is 2.19. The number of ether oxygens (including phenoxy) is 3. The van der Waals surface area contributed by atoms with E-state index in [1.54, 1.807) is 0 Å². The standard InChI is InChI=1S/C70H120O6/c1-4-7-10-13-16-19-22-24-26-28-29-30-31-32-33-34-35-36-37-38-39-40-41-43-44-46-48-51-54-57-60-63-69(72)75-66-67(65-74-68(71)62-59-56-53-50-21-18-15-12-9-6-3)76-70(73)64-61-58-55-52-49-47-45-42-27-25-23-20-17-14-11-8-5-2/h7,10,12,15-17,19-20,24-27,29-30,32-33,67H,4-6,8-9,11,13-14,18,21-23,28,31,34-66H2,1-3H3/b10-7-,15-12-,19-16-,20-17-,26-24-,27-25-,30-29-,33-32-. The van der Waals surface area contributed by atoms with Crippen molar-refractivity contribution in [3.05, 3.63) is 97.2 Å². The van der Waals surface area contributed by atoms with Gasteiger partial charge in [-0.05, 0) is 116 Å². The van der Waals surface area contributed by atoms with Crippen molar-refractivity contribution in [3.63, 3.8) is 0 Å². The Balaban J connectivity index is 4.16. The molecule has 0 radical (unpaired) electrons. The van der Waals surface area contributed by atoms with Crippen LogP contribution in [0.1, 0.15) is 310 Å². The average Bonchev–Trinajstić information content (AvgIpc) is 3.42. The Bertz CT molecular complexity index is 1490. The summed E-state index contributed by atoms with van der Waals surface area (Å²) < 4.78 is 16.9. The van der Waals surface area contributed by atoms with Gasteiger partial charge in [-0.1, -0.05) is 272 Å². The van der Waals surface area contributed by atoms with E-state index >= 15 is 0 Å². The first-order valence-corrected chi connectivity index (χ1v) is 32.2. The van der Waals surface area contributed by atoms with E-state index in [0.717, 1.165) is 116 Å². The summed E-state index contributed by atoms with van der Waals surface area (Å²) in [4.78, 5) is 38.2. The summed E-state index contributed by atoms with van der Waals surface area (Å²) >= 11 is 0. The zero-order valence-corrected chi connectivity index (χ0v) is 50.0. The number of hydrogen-bond acceptors (Lipinski definition) is 6. The molecule has 76 heavy (non-hydrogen) atoms. The largest absolute Gasteiger partial charge is 0.462 e. The quantitative estimate of drug-likeness (QED) is 0.0261. The first-order chi connectivity index (χ1) is 37.5. The molecule has 0 aromatic carbocycles. The highest BCUT2D eigenvalue weighted by molar-refractivity contribution is 5.71. The molecule has 436 valence electrons. The van der Waals surface area contributed by atoms with Crippen molar-refractivity contribution in [2.24, 2.45) is 0 Å². The molecular weight excluding hydrogens is 937 g/mol. The molecule has 0 aliphatic rings. The van der Waals surface area contributed by atoms with E-state index in [4.69, 9.17) is 14.2 Å². The number of carbonyl (C=O) groups is 3. The second-order valence-electron chi connectivity index (χ2n) is 21.3. The fourth-order valence-electron chi connectivity index (χ4n) is 8.97. The van der Waals surface area contributed by atoms with Crippen LogP contribution in [-0.4, -0.2) is 37.2 Å². The summed E-state index contributed by atoms with van der Waals surface area (Å²) in [5, 5.41) is 0. The highest BCUT2D eigenvalue weighted by Crippen LogP contribution is 2.16. The number of allylic oxidation sites excluding steroid dienone is 16. The Morgan fingerprint density at radius 3 is 0.868 bits per heavy atom. The van der Waals surface area contributed by atoms with Crippen LogP contribution in [0.2, 0.25) is 0 Å². The van der Waals surface area contributed by atoms with Crippen molar-refractivity contribution in [1.29, 1.82) is 0 Å². The Morgan fingerprint density at radius 2 is 0.539 bits per heavy atom. The van der Waals surface area contributed by atoms with Crippen LogP contribution in [0.25, 0.3) is 0 Å². The zero-order chi connectivity index (χ0) is 55.0. The predicted octanol–water partition coefficient (Wildman–Crippen LogP) is 22.0. The van der Waals surface area contributed by atoms with Crippen molar-refractivity contribution < 1.29 is 28.6 Å². The van der Waals surface area contributed by atoms with Crippen LogP contribution in [0.4, 0.5) is 0 Å². The van der Waals surface area contributed by atoms with E-state index in [9.17, 15) is 14.4 Å². The summed E-state index contributed by atoms with van der Waals surface area (Å²) in [6, 6.07) is 0. The lowest BCUT2D eigenvalue weighted by Gasteiger charge is -2.18. The highest BCUT2D eigenvalue weighted by atomic mass is 16.6. The van der Waals surface area contributed by atoms with Crippen LogP contribution in [0, 0.1) is 0 Å². The molecule has 6 nitrogen and oxygen atoms in total. The monoisotopic (exact) mass is 1060 g/mol. The summed E-state index contributed by atoms with van der Waals surface area (Å²) in [6.45, 7) is 6.45. The molecule has 0 heterocycles. The van der Waals surface area contributed by atoms with Crippen LogP contribution in [-0.2, 0) is 28.6 Å². The van der Waals surface area contributed by atoms with Gasteiger partial charge in [-0.25, -0.2) is 0 Å². The minimum Gasteiger partial charge on any atom is -0.462 e. The van der Waals surface area contributed by atoms with Crippen LogP contribution in [0.15, 0.2) is 97.2 Å². The molecule has 0 aromatic heterocycles. The SMILES string of the molecule is CC/C=C\C/C=C\C/C=C\C/C=C\C/C=C\CCCCCCCCCCCCCCCCCC(=O)OCC(COC(=O)CCCCCCC/C=C\CCC)OC(=O)CCCCCCCCC/C=C\C/C=C\CCCCC. The first kappa shape index (κ1) is 72.3. The fourth-order valence-corrected chi connectivity index (χ4v) is 8.97. The third kappa shape index (κ3) is 61.2. The molecule has 0 amide bonds. The van der Waals surface area contributed by atoms with E-state index in [-0.39, 0.29) is 31.1 Å². The molecule has 0 aromatic rings. The lowest BCUT2D eigenvalue weighted by Crippen LogP contribution is -2.30. The van der Waals surface area contributed by atoms with E-state index in [1.807, 2.05) is 0 Å². The van der Waals surface area contributed by atoms with E-state index in [1.165, 1.54) is 154 Å². The molecule has 0 bridgehead atoms. The van der Waals surface area contributed by atoms with E-state index < -0.39 is 6.10 Å². The van der Waals surface area contributed by atoms with Crippen molar-refractivity contribution in [3.8, 4) is 0 Å². The molecule has 0 fully saturated rings. The van der Waals surface area contributed by atoms with E-state index in [0.29, 0.717) is 19.3 Å². The van der Waals surface area contributed by atoms with Gasteiger partial charge in [0.25, 0.3) is 0 Å². The van der Waals surface area contributed by atoms with Gasteiger partial charge < -0.3 is 14.2 Å². The number of rotatable bonds is 58.